The van der Waals surface area contributed by atoms with Crippen LogP contribution in [0.2, 0.25) is 0 Å². The van der Waals surface area contributed by atoms with E-state index in [1.165, 1.54) is 17.7 Å². The number of benzene rings is 2. The molecule has 1 N–H and O–H groups in total. The summed E-state index contributed by atoms with van der Waals surface area (Å²) in [5.41, 5.74) is 2.54. The smallest absolute Gasteiger partial charge is 0.274 e. The number of methoxy groups -OCH3 is 1. The van der Waals surface area contributed by atoms with Crippen LogP contribution in [0.1, 0.15) is 27.4 Å². The van der Waals surface area contributed by atoms with Gasteiger partial charge in [-0.15, -0.1) is 0 Å². The van der Waals surface area contributed by atoms with Gasteiger partial charge in [0.15, 0.2) is 0 Å². The molecule has 0 saturated heterocycles. The molecule has 4 aromatic rings. The number of hydrogen-bond acceptors (Lipinski definition) is 5. The molecular formula is C22H21N5O3. The van der Waals surface area contributed by atoms with Crippen molar-refractivity contribution >= 4 is 17.4 Å². The van der Waals surface area contributed by atoms with Gasteiger partial charge in [0, 0.05) is 17.4 Å². The van der Waals surface area contributed by atoms with E-state index in [0.29, 0.717) is 28.5 Å². The molecule has 152 valence electrons. The van der Waals surface area contributed by atoms with Crippen molar-refractivity contribution in [1.29, 1.82) is 0 Å². The molecule has 0 aliphatic rings. The Labute approximate surface area is 172 Å². The third-order valence-electron chi connectivity index (χ3n) is 4.74. The molecule has 0 bridgehead atoms. The molecule has 1 amide bonds. The van der Waals surface area contributed by atoms with Crippen molar-refractivity contribution in [3.05, 3.63) is 87.6 Å². The zero-order valence-corrected chi connectivity index (χ0v) is 16.9. The standard InChI is InChI=1S/C22H21N5O3/c1-14-8-10-16(11-9-14)26(21(29)17-6-4-5-7-18(17)30-3)13-19-24-22-23-15(2)12-20(28)27(22)25-19/h4-12H,13H2,1-3H3,(H,23,24,25). The van der Waals surface area contributed by atoms with Crippen LogP contribution in [-0.4, -0.2) is 32.6 Å². The number of rotatable bonds is 5. The molecule has 0 radical (unpaired) electrons. The van der Waals surface area contributed by atoms with Crippen molar-refractivity contribution in [2.24, 2.45) is 0 Å². The van der Waals surface area contributed by atoms with E-state index in [1.54, 1.807) is 30.0 Å². The highest BCUT2D eigenvalue weighted by molar-refractivity contribution is 6.07. The lowest BCUT2D eigenvalue weighted by Gasteiger charge is -2.23. The summed E-state index contributed by atoms with van der Waals surface area (Å²) in [7, 11) is 1.53. The Kier molecular flexibility index (Phi) is 5.05. The molecule has 0 unspecified atom stereocenters. The second-order valence-electron chi connectivity index (χ2n) is 6.97. The number of nitrogens with one attached hydrogen (secondary N) is 1. The fourth-order valence-electron chi connectivity index (χ4n) is 3.23. The lowest BCUT2D eigenvalue weighted by molar-refractivity contribution is 0.0981. The normalized spacial score (nSPS) is 10.9. The first kappa shape index (κ1) is 19.4. The molecule has 8 heteroatoms. The van der Waals surface area contributed by atoms with Crippen LogP contribution < -0.4 is 15.2 Å². The molecule has 0 fully saturated rings. The highest BCUT2D eigenvalue weighted by atomic mass is 16.5. The predicted octanol–water partition coefficient (Wildman–Crippen LogP) is 2.89. The number of fused-ring (bicyclic) bond motifs is 1. The van der Waals surface area contributed by atoms with Crippen molar-refractivity contribution < 1.29 is 9.53 Å². The van der Waals surface area contributed by atoms with Crippen LogP contribution >= 0.6 is 0 Å². The minimum Gasteiger partial charge on any atom is -0.496 e. The van der Waals surface area contributed by atoms with Gasteiger partial charge in [-0.1, -0.05) is 29.8 Å². The molecule has 2 aromatic carbocycles. The minimum absolute atomic E-state index is 0.127. The van der Waals surface area contributed by atoms with Gasteiger partial charge in [0.25, 0.3) is 17.2 Å². The van der Waals surface area contributed by atoms with E-state index in [9.17, 15) is 9.59 Å². The lowest BCUT2D eigenvalue weighted by Crippen LogP contribution is -2.31. The van der Waals surface area contributed by atoms with E-state index in [-0.39, 0.29) is 23.8 Å². The molecule has 0 aliphatic heterocycles. The number of aromatic nitrogens is 4. The van der Waals surface area contributed by atoms with Gasteiger partial charge in [0.05, 0.1) is 19.2 Å². The third kappa shape index (κ3) is 3.67. The van der Waals surface area contributed by atoms with Crippen LogP contribution in [0.5, 0.6) is 5.75 Å². The maximum atomic E-state index is 13.5. The van der Waals surface area contributed by atoms with E-state index in [0.717, 1.165) is 5.56 Å². The Morgan fingerprint density at radius 2 is 1.83 bits per heavy atom. The Balaban J connectivity index is 1.78. The summed E-state index contributed by atoms with van der Waals surface area (Å²) in [5.74, 6) is 0.948. The number of nitrogens with zero attached hydrogens (tertiary/aromatic N) is 4. The Morgan fingerprint density at radius 1 is 1.10 bits per heavy atom. The summed E-state index contributed by atoms with van der Waals surface area (Å²) in [4.78, 5) is 35.9. The van der Waals surface area contributed by atoms with Gasteiger partial charge in [-0.2, -0.15) is 9.50 Å². The van der Waals surface area contributed by atoms with E-state index in [1.807, 2.05) is 37.3 Å². The van der Waals surface area contributed by atoms with E-state index in [2.05, 4.69) is 15.1 Å². The van der Waals surface area contributed by atoms with Crippen molar-refractivity contribution in [1.82, 2.24) is 19.6 Å². The molecule has 0 aliphatic carbocycles. The van der Waals surface area contributed by atoms with Gasteiger partial charge in [-0.05, 0) is 38.1 Å². The SMILES string of the molecule is COc1ccccc1C(=O)N(Cc1nc2nc(C)cc(=O)n2[nH]1)c1ccc(C)cc1. The summed E-state index contributed by atoms with van der Waals surface area (Å²) in [6.45, 7) is 3.84. The lowest BCUT2D eigenvalue weighted by atomic mass is 10.1. The molecular weight excluding hydrogens is 382 g/mol. The zero-order chi connectivity index (χ0) is 21.3. The van der Waals surface area contributed by atoms with Crippen LogP contribution in [0.25, 0.3) is 5.78 Å². The van der Waals surface area contributed by atoms with Gasteiger partial charge < -0.3 is 9.64 Å². The Bertz CT molecular complexity index is 1270. The van der Waals surface area contributed by atoms with E-state index >= 15 is 0 Å². The molecule has 0 atom stereocenters. The van der Waals surface area contributed by atoms with Gasteiger partial charge in [-0.3, -0.25) is 14.7 Å². The number of aryl methyl sites for hydroxylation is 2. The van der Waals surface area contributed by atoms with E-state index < -0.39 is 0 Å². The van der Waals surface area contributed by atoms with Crippen LogP contribution in [0, 0.1) is 13.8 Å². The number of aromatic amines is 1. The quantitative estimate of drug-likeness (QED) is 0.553. The minimum atomic E-state index is -0.255. The molecule has 2 heterocycles. The number of amides is 1. The third-order valence-corrected chi connectivity index (χ3v) is 4.74. The first-order valence-electron chi connectivity index (χ1n) is 9.43. The number of carbonyl (C=O) groups excluding carboxylic acids is 1. The van der Waals surface area contributed by atoms with Gasteiger partial charge in [0.1, 0.15) is 11.6 Å². The van der Waals surface area contributed by atoms with Crippen LogP contribution in [0.3, 0.4) is 0 Å². The fraction of sp³-hybridized carbons (Fsp3) is 0.182. The molecule has 2 aromatic heterocycles. The number of hydrogen-bond donors (Lipinski definition) is 1. The van der Waals surface area contributed by atoms with Crippen molar-refractivity contribution in [2.45, 2.75) is 20.4 Å². The van der Waals surface area contributed by atoms with Crippen molar-refractivity contribution in [2.75, 3.05) is 12.0 Å². The monoisotopic (exact) mass is 403 g/mol. The fourth-order valence-corrected chi connectivity index (χ4v) is 3.23. The zero-order valence-electron chi connectivity index (χ0n) is 16.9. The summed E-state index contributed by atoms with van der Waals surface area (Å²) in [5, 5.41) is 2.94. The average molecular weight is 403 g/mol. The molecule has 30 heavy (non-hydrogen) atoms. The van der Waals surface area contributed by atoms with Crippen molar-refractivity contribution in [3.8, 4) is 5.75 Å². The first-order valence-corrected chi connectivity index (χ1v) is 9.43. The molecule has 0 spiro atoms. The second-order valence-corrected chi connectivity index (χ2v) is 6.97. The number of carbonyl (C=O) groups is 1. The van der Waals surface area contributed by atoms with Crippen LogP contribution in [0.15, 0.2) is 59.4 Å². The van der Waals surface area contributed by atoms with Crippen LogP contribution in [0.4, 0.5) is 5.69 Å². The average Bonchev–Trinajstić information content (AvgIpc) is 3.15. The highest BCUT2D eigenvalue weighted by Gasteiger charge is 2.23. The second kappa shape index (κ2) is 7.82. The van der Waals surface area contributed by atoms with Gasteiger partial charge in [0.2, 0.25) is 0 Å². The van der Waals surface area contributed by atoms with Gasteiger partial charge in [-0.25, -0.2) is 4.98 Å². The summed E-state index contributed by atoms with van der Waals surface area (Å²) < 4.78 is 6.64. The van der Waals surface area contributed by atoms with Crippen molar-refractivity contribution in [3.63, 3.8) is 0 Å². The molecule has 8 nitrogen and oxygen atoms in total. The Morgan fingerprint density at radius 3 is 2.57 bits per heavy atom. The maximum Gasteiger partial charge on any atom is 0.274 e. The first-order chi connectivity index (χ1) is 14.5. The van der Waals surface area contributed by atoms with Crippen LogP contribution in [-0.2, 0) is 6.54 Å². The van der Waals surface area contributed by atoms with E-state index in [4.69, 9.17) is 4.74 Å². The number of para-hydroxylation sites is 1. The Hall–Kier alpha value is -3.94. The number of ether oxygens (including phenoxy) is 1. The number of H-pyrrole nitrogens is 1. The topological polar surface area (TPSA) is 92.6 Å². The predicted molar refractivity (Wildman–Crippen MR) is 113 cm³/mol. The van der Waals surface area contributed by atoms with Gasteiger partial charge >= 0.3 is 0 Å². The molecule has 4 rings (SSSR count). The summed E-state index contributed by atoms with van der Waals surface area (Å²) in [6, 6.07) is 16.1. The largest absolute Gasteiger partial charge is 0.496 e. The number of anilines is 1. The molecule has 0 saturated carbocycles. The summed E-state index contributed by atoms with van der Waals surface area (Å²) >= 11 is 0. The summed E-state index contributed by atoms with van der Waals surface area (Å²) in [6.07, 6.45) is 0. The maximum absolute atomic E-state index is 13.5. The highest BCUT2D eigenvalue weighted by Crippen LogP contribution is 2.25.